The molecule has 0 spiro atoms. The van der Waals surface area contributed by atoms with Crippen LogP contribution in [-0.2, 0) is 6.42 Å². The second-order valence-corrected chi connectivity index (χ2v) is 4.59. The Hall–Kier alpha value is -2.69. The van der Waals surface area contributed by atoms with E-state index >= 15 is 0 Å². The highest BCUT2D eigenvalue weighted by atomic mass is 16.6. The number of hydrogen-bond donors (Lipinski definition) is 0. The molecule has 2 aromatic rings. The Kier molecular flexibility index (Phi) is 4.66. The van der Waals surface area contributed by atoms with Crippen molar-refractivity contribution in [3.8, 4) is 11.5 Å². The fourth-order valence-electron chi connectivity index (χ4n) is 2.01. The van der Waals surface area contributed by atoms with Crippen LogP contribution in [0.4, 0.5) is 5.69 Å². The van der Waals surface area contributed by atoms with E-state index in [-0.39, 0.29) is 11.3 Å². The van der Waals surface area contributed by atoms with Crippen molar-refractivity contribution in [1.82, 2.24) is 0 Å². The maximum atomic E-state index is 10.9. The number of nitro benzene ring substituents is 1. The lowest BCUT2D eigenvalue weighted by molar-refractivity contribution is -0.385. The summed E-state index contributed by atoms with van der Waals surface area (Å²) in [7, 11) is 0. The molecule has 2 aromatic carbocycles. The molecule has 0 bridgehead atoms. The Morgan fingerprint density at radius 3 is 2.38 bits per heavy atom. The number of benzene rings is 2. The molecule has 108 valence electrons. The summed E-state index contributed by atoms with van der Waals surface area (Å²) in [5.41, 5.74) is 0.998. The van der Waals surface area contributed by atoms with Gasteiger partial charge in [0.15, 0.2) is 6.29 Å². The van der Waals surface area contributed by atoms with Crippen LogP contribution in [0.5, 0.6) is 11.5 Å². The third-order valence-electron chi connectivity index (χ3n) is 3.02. The van der Waals surface area contributed by atoms with Crippen molar-refractivity contribution >= 4 is 12.0 Å². The van der Waals surface area contributed by atoms with Crippen LogP contribution in [0, 0.1) is 10.1 Å². The van der Waals surface area contributed by atoms with Crippen LogP contribution < -0.4 is 4.74 Å². The molecule has 0 amide bonds. The number of aryl methyl sites for hydroxylation is 1. The van der Waals surface area contributed by atoms with Crippen molar-refractivity contribution in [2.45, 2.75) is 19.8 Å². The lowest BCUT2D eigenvalue weighted by Gasteiger charge is -2.07. The Morgan fingerprint density at radius 2 is 1.81 bits per heavy atom. The summed E-state index contributed by atoms with van der Waals surface area (Å²) in [6.07, 6.45) is 2.54. The SMILES string of the molecule is CCCc1ccc(Oc2ccc([N+](=O)[O-])c(C=O)c2)cc1. The van der Waals surface area contributed by atoms with Crippen LogP contribution in [0.25, 0.3) is 0 Å². The number of nitro groups is 1. The van der Waals surface area contributed by atoms with Crippen LogP contribution in [0.2, 0.25) is 0 Å². The van der Waals surface area contributed by atoms with E-state index in [1.165, 1.54) is 23.8 Å². The molecule has 0 N–H and O–H groups in total. The molecule has 0 atom stereocenters. The van der Waals surface area contributed by atoms with Gasteiger partial charge in [-0.05, 0) is 36.2 Å². The smallest absolute Gasteiger partial charge is 0.280 e. The zero-order valence-corrected chi connectivity index (χ0v) is 11.6. The number of nitrogens with zero attached hydrogens (tertiary/aromatic N) is 1. The zero-order valence-electron chi connectivity index (χ0n) is 11.6. The van der Waals surface area contributed by atoms with Crippen molar-refractivity contribution < 1.29 is 14.5 Å². The molecular weight excluding hydrogens is 270 g/mol. The number of carbonyl (C=O) groups is 1. The first-order valence-corrected chi connectivity index (χ1v) is 6.64. The van der Waals surface area contributed by atoms with Crippen molar-refractivity contribution in [2.75, 3.05) is 0 Å². The quantitative estimate of drug-likeness (QED) is 0.454. The molecule has 0 heterocycles. The van der Waals surface area contributed by atoms with Gasteiger partial charge < -0.3 is 4.74 Å². The molecule has 21 heavy (non-hydrogen) atoms. The summed E-state index contributed by atoms with van der Waals surface area (Å²) in [6.45, 7) is 2.11. The van der Waals surface area contributed by atoms with Crippen molar-refractivity contribution in [3.05, 3.63) is 63.7 Å². The van der Waals surface area contributed by atoms with E-state index in [0.717, 1.165) is 12.8 Å². The van der Waals surface area contributed by atoms with Gasteiger partial charge in [-0.15, -0.1) is 0 Å². The molecule has 0 saturated heterocycles. The number of carbonyl (C=O) groups excluding carboxylic acids is 1. The van der Waals surface area contributed by atoms with Crippen LogP contribution in [-0.4, -0.2) is 11.2 Å². The highest BCUT2D eigenvalue weighted by molar-refractivity contribution is 5.82. The van der Waals surface area contributed by atoms with Crippen molar-refractivity contribution in [2.24, 2.45) is 0 Å². The topological polar surface area (TPSA) is 69.4 Å². The standard InChI is InChI=1S/C16H15NO4/c1-2-3-12-4-6-14(7-5-12)21-15-8-9-16(17(19)20)13(10-15)11-18/h4-11H,2-3H2,1H3. The van der Waals surface area contributed by atoms with Gasteiger partial charge in [0, 0.05) is 6.07 Å². The fourth-order valence-corrected chi connectivity index (χ4v) is 2.01. The highest BCUT2D eigenvalue weighted by Gasteiger charge is 2.14. The number of ether oxygens (including phenoxy) is 1. The number of rotatable bonds is 6. The van der Waals surface area contributed by atoms with E-state index < -0.39 is 4.92 Å². The molecule has 0 aliphatic heterocycles. The van der Waals surface area contributed by atoms with E-state index in [2.05, 4.69) is 6.92 Å². The molecule has 5 heteroatoms. The molecule has 0 saturated carbocycles. The van der Waals surface area contributed by atoms with Gasteiger partial charge in [-0.3, -0.25) is 14.9 Å². The molecule has 0 aliphatic rings. The number of aldehydes is 1. The van der Waals surface area contributed by atoms with E-state index in [4.69, 9.17) is 4.74 Å². The molecule has 0 radical (unpaired) electrons. The normalized spacial score (nSPS) is 10.1. The van der Waals surface area contributed by atoms with Gasteiger partial charge in [-0.2, -0.15) is 0 Å². The average molecular weight is 285 g/mol. The predicted molar refractivity (Wildman–Crippen MR) is 79.0 cm³/mol. The Bertz CT molecular complexity index is 650. The lowest BCUT2D eigenvalue weighted by Crippen LogP contribution is -1.95. The first-order chi connectivity index (χ1) is 10.1. The number of hydrogen-bond acceptors (Lipinski definition) is 4. The summed E-state index contributed by atoms with van der Waals surface area (Å²) in [4.78, 5) is 21.1. The first kappa shape index (κ1) is 14.7. The summed E-state index contributed by atoms with van der Waals surface area (Å²) >= 11 is 0. The summed E-state index contributed by atoms with van der Waals surface area (Å²) in [5, 5.41) is 10.8. The highest BCUT2D eigenvalue weighted by Crippen LogP contribution is 2.27. The predicted octanol–water partition coefficient (Wildman–Crippen LogP) is 4.15. The van der Waals surface area contributed by atoms with Crippen LogP contribution in [0.1, 0.15) is 29.3 Å². The monoisotopic (exact) mass is 285 g/mol. The third kappa shape index (κ3) is 3.66. The molecule has 5 nitrogen and oxygen atoms in total. The van der Waals surface area contributed by atoms with Crippen LogP contribution in [0.15, 0.2) is 42.5 Å². The Morgan fingerprint density at radius 1 is 1.14 bits per heavy atom. The summed E-state index contributed by atoms with van der Waals surface area (Å²) in [6, 6.07) is 11.7. The van der Waals surface area contributed by atoms with E-state index in [1.807, 2.05) is 24.3 Å². The van der Waals surface area contributed by atoms with E-state index in [9.17, 15) is 14.9 Å². The Balaban J connectivity index is 2.19. The molecule has 2 rings (SSSR count). The zero-order chi connectivity index (χ0) is 15.2. The fraction of sp³-hybridized carbons (Fsp3) is 0.188. The minimum absolute atomic E-state index is 0.0000955. The van der Waals surface area contributed by atoms with E-state index in [1.54, 1.807) is 0 Å². The molecule has 0 fully saturated rings. The van der Waals surface area contributed by atoms with Crippen LogP contribution in [0.3, 0.4) is 0 Å². The molecular formula is C16H15NO4. The lowest BCUT2D eigenvalue weighted by atomic mass is 10.1. The average Bonchev–Trinajstić information content (AvgIpc) is 2.49. The summed E-state index contributed by atoms with van der Waals surface area (Å²) < 4.78 is 5.61. The van der Waals surface area contributed by atoms with Gasteiger partial charge >= 0.3 is 0 Å². The third-order valence-corrected chi connectivity index (χ3v) is 3.02. The molecule has 0 aromatic heterocycles. The van der Waals surface area contributed by atoms with Gasteiger partial charge in [0.1, 0.15) is 11.5 Å². The van der Waals surface area contributed by atoms with Crippen LogP contribution >= 0.6 is 0 Å². The van der Waals surface area contributed by atoms with E-state index in [0.29, 0.717) is 17.8 Å². The first-order valence-electron chi connectivity index (χ1n) is 6.64. The minimum atomic E-state index is -0.590. The van der Waals surface area contributed by atoms with Gasteiger partial charge in [0.25, 0.3) is 5.69 Å². The van der Waals surface area contributed by atoms with Gasteiger partial charge in [-0.1, -0.05) is 25.5 Å². The van der Waals surface area contributed by atoms with Gasteiger partial charge in [0.05, 0.1) is 10.5 Å². The largest absolute Gasteiger partial charge is 0.457 e. The van der Waals surface area contributed by atoms with Crippen molar-refractivity contribution in [3.63, 3.8) is 0 Å². The van der Waals surface area contributed by atoms with Gasteiger partial charge in [-0.25, -0.2) is 0 Å². The summed E-state index contributed by atoms with van der Waals surface area (Å²) in [5.74, 6) is 1.02. The Labute approximate surface area is 122 Å². The maximum absolute atomic E-state index is 10.9. The minimum Gasteiger partial charge on any atom is -0.457 e. The van der Waals surface area contributed by atoms with Gasteiger partial charge in [0.2, 0.25) is 0 Å². The van der Waals surface area contributed by atoms with Crippen molar-refractivity contribution in [1.29, 1.82) is 0 Å². The molecule has 0 unspecified atom stereocenters. The second kappa shape index (κ2) is 6.65. The molecule has 0 aliphatic carbocycles. The maximum Gasteiger partial charge on any atom is 0.280 e. The second-order valence-electron chi connectivity index (χ2n) is 4.59.